The van der Waals surface area contributed by atoms with E-state index >= 15 is 0 Å². The van der Waals surface area contributed by atoms with E-state index in [2.05, 4.69) is 149 Å². The van der Waals surface area contributed by atoms with Gasteiger partial charge in [0.05, 0.1) is 61.0 Å². The Hall–Kier alpha value is -0.819. The Kier molecular flexibility index (Phi) is 20.1. The van der Waals surface area contributed by atoms with Gasteiger partial charge in [-0.15, -0.1) is 0 Å². The van der Waals surface area contributed by atoms with Crippen molar-refractivity contribution >= 4 is 30.7 Å². The smallest absolute Gasteiger partial charge is 0.193 e. The highest BCUT2D eigenvalue weighted by Crippen LogP contribution is 2.49. The van der Waals surface area contributed by atoms with Crippen LogP contribution in [0.1, 0.15) is 173 Å². The van der Waals surface area contributed by atoms with Crippen LogP contribution in [0.25, 0.3) is 0 Å². The first-order chi connectivity index (χ1) is 33.6. The molecular formula is C60H108O10Si3. The van der Waals surface area contributed by atoms with Crippen molar-refractivity contribution in [2.75, 3.05) is 0 Å². The molecule has 5 saturated heterocycles. The highest BCUT2D eigenvalue weighted by Gasteiger charge is 2.58. The fraction of sp³-hybridized carbons (Fsp3) is 0.883. The van der Waals surface area contributed by atoms with Gasteiger partial charge in [0, 0.05) is 19.3 Å². The van der Waals surface area contributed by atoms with Gasteiger partial charge in [0.15, 0.2) is 25.0 Å². The van der Waals surface area contributed by atoms with Crippen LogP contribution in [-0.2, 0) is 41.8 Å². The summed E-state index contributed by atoms with van der Waals surface area (Å²) in [5, 5.41) is 11.5. The molecule has 420 valence electrons. The highest BCUT2D eigenvalue weighted by molar-refractivity contribution is 6.75. The number of hydrogen-bond acceptors (Lipinski definition) is 10. The minimum absolute atomic E-state index is 0.00835. The zero-order chi connectivity index (χ0) is 54.4. The average molecular weight is 1070 g/mol. The van der Waals surface area contributed by atoms with Gasteiger partial charge in [-0.3, -0.25) is 4.79 Å². The van der Waals surface area contributed by atoms with Crippen LogP contribution in [0.15, 0.2) is 36.5 Å². The van der Waals surface area contributed by atoms with E-state index in [1.54, 1.807) is 0 Å². The third-order valence-corrected chi connectivity index (χ3v) is 33.4. The molecule has 8 aliphatic heterocycles. The number of ether oxygens (including phenoxy) is 5. The molecule has 0 aromatic heterocycles. The summed E-state index contributed by atoms with van der Waals surface area (Å²) in [5.74, 6) is 1.36. The largest absolute Gasteiger partial charge is 0.408 e. The molecule has 0 aliphatic carbocycles. The number of rotatable bonds is 9. The Bertz CT molecular complexity index is 1900. The van der Waals surface area contributed by atoms with Crippen molar-refractivity contribution in [1.82, 2.24) is 0 Å². The van der Waals surface area contributed by atoms with Crippen LogP contribution in [0.5, 0.6) is 0 Å². The predicted molar refractivity (Wildman–Crippen MR) is 305 cm³/mol. The maximum absolute atomic E-state index is 14.8. The fourth-order valence-corrected chi connectivity index (χ4v) is 15.4. The maximum atomic E-state index is 14.8. The van der Waals surface area contributed by atoms with Crippen molar-refractivity contribution in [2.24, 2.45) is 23.7 Å². The molecule has 8 rings (SSSR count). The molecule has 18 atom stereocenters. The average Bonchev–Trinajstić information content (AvgIpc) is 3.77. The summed E-state index contributed by atoms with van der Waals surface area (Å²) >= 11 is 0. The normalized spacial score (nSPS) is 39.2. The van der Waals surface area contributed by atoms with Crippen molar-refractivity contribution in [2.45, 2.75) is 313 Å². The van der Waals surface area contributed by atoms with Crippen LogP contribution < -0.4 is 0 Å². The first kappa shape index (κ1) is 61.4. The predicted octanol–water partition coefficient (Wildman–Crippen LogP) is 14.2. The topological polar surface area (TPSA) is 111 Å². The molecule has 0 amide bonds. The van der Waals surface area contributed by atoms with Gasteiger partial charge in [0.25, 0.3) is 0 Å². The summed E-state index contributed by atoms with van der Waals surface area (Å²) in [6.07, 6.45) is 9.69. The van der Waals surface area contributed by atoms with Crippen LogP contribution >= 0.6 is 0 Å². The first-order valence-corrected chi connectivity index (χ1v) is 37.9. The Balaban J connectivity index is 1.42. The minimum Gasteiger partial charge on any atom is -0.408 e. The Morgan fingerprint density at radius 3 is 1.79 bits per heavy atom. The molecule has 8 bridgehead atoms. The number of ketones is 1. The lowest BCUT2D eigenvalue weighted by atomic mass is 9.78. The number of Topliss-reactive ketones (excluding diaryl/α,β-unsaturated/α-hetero) is 1. The summed E-state index contributed by atoms with van der Waals surface area (Å²) < 4.78 is 58.5. The minimum atomic E-state index is -2.52. The third kappa shape index (κ3) is 14.9. The molecule has 4 unspecified atom stereocenters. The van der Waals surface area contributed by atoms with Crippen molar-refractivity contribution < 1.29 is 46.9 Å². The summed E-state index contributed by atoms with van der Waals surface area (Å²) in [4.78, 5) is 14.8. The maximum Gasteiger partial charge on any atom is 0.193 e. The van der Waals surface area contributed by atoms with E-state index in [9.17, 15) is 9.90 Å². The lowest BCUT2D eigenvalue weighted by Crippen LogP contribution is -2.69. The van der Waals surface area contributed by atoms with Gasteiger partial charge in [0.1, 0.15) is 30.2 Å². The van der Waals surface area contributed by atoms with E-state index < -0.39 is 61.6 Å². The zero-order valence-corrected chi connectivity index (χ0v) is 52.8. The van der Waals surface area contributed by atoms with E-state index in [0.717, 1.165) is 62.5 Å². The molecule has 10 nitrogen and oxygen atoms in total. The lowest BCUT2D eigenvalue weighted by molar-refractivity contribution is -0.266. The van der Waals surface area contributed by atoms with Gasteiger partial charge >= 0.3 is 0 Å². The monoisotopic (exact) mass is 1070 g/mol. The molecule has 8 heterocycles. The summed E-state index contributed by atoms with van der Waals surface area (Å²) in [5.41, 5.74) is 2.26. The quantitative estimate of drug-likeness (QED) is 0.177. The molecule has 0 aromatic carbocycles. The number of fused-ring (bicyclic) bond motifs is 2. The van der Waals surface area contributed by atoms with Gasteiger partial charge in [-0.05, 0) is 147 Å². The van der Waals surface area contributed by atoms with Crippen LogP contribution in [0, 0.1) is 23.7 Å². The fourth-order valence-electron chi connectivity index (χ4n) is 11.6. The molecule has 0 aromatic rings. The molecule has 0 spiro atoms. The molecule has 0 radical (unpaired) electrons. The second-order valence-electron chi connectivity index (χ2n) is 28.8. The van der Waals surface area contributed by atoms with Crippen molar-refractivity contribution in [3.05, 3.63) is 36.5 Å². The van der Waals surface area contributed by atoms with Crippen molar-refractivity contribution in [1.29, 1.82) is 0 Å². The lowest BCUT2D eigenvalue weighted by Gasteiger charge is -2.56. The first-order valence-electron chi connectivity index (χ1n) is 29.2. The molecule has 8 aliphatic rings. The van der Waals surface area contributed by atoms with Gasteiger partial charge in [-0.1, -0.05) is 122 Å². The van der Waals surface area contributed by atoms with Gasteiger partial charge in [-0.2, -0.15) is 0 Å². The standard InChI is InChI=1S/C60H108O10Si3/c1-22-37(2)31-51-41(6)47-35-43(62)34-46-27-30-49-54(65-46)56(69-72(18,19)59(10,11)12)57(70-73(20,21)60(13,14)15)55(67-49)50(68-71(16,17)58(7,8)9)28-24-42(61)23-25-44-33-39(4)48(63-44)29-26-45-32-38(3)40(5)52(64-45)36-53(47)66-51/h24,28,37-38,41-42,44-57,61H,4-5,22-23,25-27,29-36H2,1-3,6-21H3/b28-24+/t37-,38-,41-,42?,44+,45+,46?,47-,48?,49+,50+,51-,52?,53+,54+,55+,56+,57-/m1/s1. The third-order valence-electron chi connectivity index (χ3n) is 20.0. The molecule has 1 N–H and O–H groups in total. The van der Waals surface area contributed by atoms with Gasteiger partial charge in [-0.25, -0.2) is 0 Å². The van der Waals surface area contributed by atoms with E-state index in [0.29, 0.717) is 43.9 Å². The van der Waals surface area contributed by atoms with Crippen LogP contribution in [0.4, 0.5) is 0 Å². The number of hydrogen-bond donors (Lipinski definition) is 1. The summed E-state index contributed by atoms with van der Waals surface area (Å²) in [7, 11) is -7.46. The van der Waals surface area contributed by atoms with Crippen LogP contribution in [0.3, 0.4) is 0 Å². The van der Waals surface area contributed by atoms with Crippen molar-refractivity contribution in [3.63, 3.8) is 0 Å². The summed E-state index contributed by atoms with van der Waals surface area (Å²) in [6.45, 7) is 52.6. The number of carbonyl (C=O) groups is 1. The number of carbonyl (C=O) groups excluding carboxylic acids is 1. The van der Waals surface area contributed by atoms with Crippen LogP contribution in [-0.4, -0.2) is 121 Å². The Morgan fingerprint density at radius 2 is 1.19 bits per heavy atom. The van der Waals surface area contributed by atoms with E-state index in [-0.39, 0.29) is 81.6 Å². The van der Waals surface area contributed by atoms with Crippen LogP contribution in [0.2, 0.25) is 54.4 Å². The molecule has 73 heavy (non-hydrogen) atoms. The van der Waals surface area contributed by atoms with E-state index in [1.165, 1.54) is 0 Å². The number of aliphatic hydroxyl groups excluding tert-OH is 1. The summed E-state index contributed by atoms with van der Waals surface area (Å²) in [6, 6.07) is 0. The molecule has 0 saturated carbocycles. The Labute approximate surface area is 449 Å². The van der Waals surface area contributed by atoms with Gasteiger partial charge in [0.2, 0.25) is 0 Å². The second-order valence-corrected chi connectivity index (χ2v) is 43.1. The van der Waals surface area contributed by atoms with Crippen molar-refractivity contribution in [3.8, 4) is 0 Å². The molecule has 13 heteroatoms. The highest BCUT2D eigenvalue weighted by atomic mass is 28.4. The zero-order valence-electron chi connectivity index (χ0n) is 49.8. The molecular weight excluding hydrogens is 965 g/mol. The van der Waals surface area contributed by atoms with E-state index in [1.807, 2.05) is 6.08 Å². The Morgan fingerprint density at radius 1 is 0.644 bits per heavy atom. The second kappa shape index (κ2) is 23.9. The van der Waals surface area contributed by atoms with E-state index in [4.69, 9.17) is 37.0 Å². The molecule has 5 fully saturated rings. The number of aliphatic hydroxyl groups is 1. The van der Waals surface area contributed by atoms with Gasteiger partial charge < -0.3 is 42.1 Å². The SMILES string of the molecule is C=C1C[C@@H]2CCC(O)/C=C/[C@H](O[Si](C)(C)C(C)(C)C)[C@@H]3O[C@H]4CCC(CC(=O)C[C@@H]5[C@@H](C)[C@@H](C[C@H](C)CC)O[C@H]5CC5O[C@@H](CCC1O2)C[C@@H](C)C5=C)O[C@@H]4[C@H](O[Si](C)(C)C(C)(C)C)[C@@H]3O[Si](C)(C)C(C)(C)C.